The van der Waals surface area contributed by atoms with Crippen LogP contribution < -0.4 is 5.32 Å². The average Bonchev–Trinajstić information content (AvgIpc) is 2.76. The molecule has 4 heteroatoms. The third-order valence-electron chi connectivity index (χ3n) is 2.61. The van der Waals surface area contributed by atoms with E-state index in [9.17, 15) is 0 Å². The van der Waals surface area contributed by atoms with Gasteiger partial charge in [-0.2, -0.15) is 0 Å². The Labute approximate surface area is 107 Å². The summed E-state index contributed by atoms with van der Waals surface area (Å²) in [5.41, 5.74) is 3.34. The van der Waals surface area contributed by atoms with Crippen molar-refractivity contribution in [3.63, 3.8) is 0 Å². The number of nitrogens with one attached hydrogen (secondary N) is 1. The fraction of sp³-hybridized carbons (Fsp3) is 0.357. The topological polar surface area (TPSA) is 47.3 Å². The Morgan fingerprint density at radius 3 is 2.78 bits per heavy atom. The van der Waals surface area contributed by atoms with Crippen LogP contribution in [0.5, 0.6) is 0 Å². The monoisotopic (exact) mass is 246 g/mol. The quantitative estimate of drug-likeness (QED) is 0.850. The second-order valence-electron chi connectivity index (χ2n) is 4.29. The van der Waals surface area contributed by atoms with Crippen molar-refractivity contribution < 1.29 is 9.26 Å². The first-order valence-electron chi connectivity index (χ1n) is 5.97. The maximum atomic E-state index is 5.13. The summed E-state index contributed by atoms with van der Waals surface area (Å²) in [4.78, 5) is 0. The average molecular weight is 246 g/mol. The van der Waals surface area contributed by atoms with Crippen molar-refractivity contribution >= 4 is 0 Å². The highest BCUT2D eigenvalue weighted by molar-refractivity contribution is 5.22. The van der Waals surface area contributed by atoms with Gasteiger partial charge in [0, 0.05) is 19.7 Å². The van der Waals surface area contributed by atoms with Gasteiger partial charge in [0.2, 0.25) is 0 Å². The minimum absolute atomic E-state index is 0.648. The maximum Gasteiger partial charge on any atom is 0.150 e. The van der Waals surface area contributed by atoms with E-state index in [1.165, 1.54) is 11.1 Å². The van der Waals surface area contributed by atoms with Gasteiger partial charge in [0.1, 0.15) is 0 Å². The molecular weight excluding hydrogens is 228 g/mol. The zero-order chi connectivity index (χ0) is 12.8. The third kappa shape index (κ3) is 3.68. The second kappa shape index (κ2) is 6.33. The largest absolute Gasteiger partial charge is 0.380 e. The minimum Gasteiger partial charge on any atom is -0.380 e. The molecule has 0 amide bonds. The molecule has 18 heavy (non-hydrogen) atoms. The summed E-state index contributed by atoms with van der Waals surface area (Å²) in [5.74, 6) is 0.862. The summed E-state index contributed by atoms with van der Waals surface area (Å²) in [5, 5.41) is 7.18. The molecule has 0 unspecified atom stereocenters. The van der Waals surface area contributed by atoms with Gasteiger partial charge >= 0.3 is 0 Å². The molecule has 1 aromatic carbocycles. The van der Waals surface area contributed by atoms with Crippen LogP contribution >= 0.6 is 0 Å². The van der Waals surface area contributed by atoms with Crippen LogP contribution in [0.3, 0.4) is 0 Å². The molecule has 0 aliphatic rings. The number of hydrogen-bond donors (Lipinski definition) is 1. The molecule has 1 N–H and O–H groups in total. The van der Waals surface area contributed by atoms with Gasteiger partial charge in [0.05, 0.1) is 18.8 Å². The van der Waals surface area contributed by atoms with Gasteiger partial charge in [-0.25, -0.2) is 0 Å². The lowest BCUT2D eigenvalue weighted by atomic mass is 10.1. The summed E-state index contributed by atoms with van der Waals surface area (Å²) in [6.45, 7) is 4.06. The van der Waals surface area contributed by atoms with Crippen LogP contribution in [0.2, 0.25) is 0 Å². The molecule has 96 valence electrons. The van der Waals surface area contributed by atoms with E-state index in [0.29, 0.717) is 13.2 Å². The van der Waals surface area contributed by atoms with E-state index in [-0.39, 0.29) is 0 Å². The lowest BCUT2D eigenvalue weighted by molar-refractivity contribution is 0.185. The summed E-state index contributed by atoms with van der Waals surface area (Å²) in [6, 6.07) is 10.3. The van der Waals surface area contributed by atoms with Crippen LogP contribution in [0, 0.1) is 6.92 Å². The summed E-state index contributed by atoms with van der Waals surface area (Å²) < 4.78 is 10.2. The molecule has 0 fully saturated rings. The van der Waals surface area contributed by atoms with E-state index in [4.69, 9.17) is 9.26 Å². The number of aromatic nitrogens is 1. The molecule has 2 rings (SSSR count). The van der Waals surface area contributed by atoms with Crippen LogP contribution in [0.25, 0.3) is 0 Å². The Morgan fingerprint density at radius 1 is 1.22 bits per heavy atom. The summed E-state index contributed by atoms with van der Waals surface area (Å²) in [7, 11) is 1.71. The Morgan fingerprint density at radius 2 is 2.06 bits per heavy atom. The van der Waals surface area contributed by atoms with E-state index >= 15 is 0 Å². The molecule has 1 heterocycles. The van der Waals surface area contributed by atoms with Crippen molar-refractivity contribution in [3.05, 3.63) is 52.9 Å². The highest BCUT2D eigenvalue weighted by Crippen LogP contribution is 2.07. The van der Waals surface area contributed by atoms with Crippen molar-refractivity contribution in [1.82, 2.24) is 10.5 Å². The van der Waals surface area contributed by atoms with E-state index in [0.717, 1.165) is 18.0 Å². The lowest BCUT2D eigenvalue weighted by Gasteiger charge is -2.05. The number of nitrogens with zero attached hydrogens (tertiary/aromatic N) is 1. The van der Waals surface area contributed by atoms with E-state index in [1.54, 1.807) is 7.11 Å². The fourth-order valence-corrected chi connectivity index (χ4v) is 1.83. The zero-order valence-electron chi connectivity index (χ0n) is 10.8. The molecule has 0 bridgehead atoms. The summed E-state index contributed by atoms with van der Waals surface area (Å²) >= 11 is 0. The standard InChI is InChI=1S/C14H18N2O2/c1-11-6-14(18-16-11)9-15-8-12-4-3-5-13(7-12)10-17-2/h3-7,15H,8-10H2,1-2H3. The predicted octanol–water partition coefficient (Wildman–Crippen LogP) is 2.42. The van der Waals surface area contributed by atoms with Gasteiger partial charge in [-0.1, -0.05) is 29.4 Å². The predicted molar refractivity (Wildman–Crippen MR) is 68.9 cm³/mol. The first-order valence-corrected chi connectivity index (χ1v) is 5.97. The number of benzene rings is 1. The molecular formula is C14H18N2O2. The molecule has 4 nitrogen and oxygen atoms in total. The maximum absolute atomic E-state index is 5.13. The molecule has 0 atom stereocenters. The van der Waals surface area contributed by atoms with Crippen LogP contribution in [0.4, 0.5) is 0 Å². The molecule has 1 aromatic heterocycles. The number of ether oxygens (including phenoxy) is 1. The smallest absolute Gasteiger partial charge is 0.150 e. The SMILES string of the molecule is COCc1cccc(CNCc2cc(C)no2)c1. The molecule has 0 spiro atoms. The third-order valence-corrected chi connectivity index (χ3v) is 2.61. The highest BCUT2D eigenvalue weighted by atomic mass is 16.5. The van der Waals surface area contributed by atoms with E-state index in [1.807, 2.05) is 19.1 Å². The Bertz CT molecular complexity index is 494. The lowest BCUT2D eigenvalue weighted by Crippen LogP contribution is -2.12. The summed E-state index contributed by atoms with van der Waals surface area (Å²) in [6.07, 6.45) is 0. The molecule has 0 radical (unpaired) electrons. The zero-order valence-corrected chi connectivity index (χ0v) is 10.8. The number of rotatable bonds is 6. The van der Waals surface area contributed by atoms with Gasteiger partial charge in [0.15, 0.2) is 5.76 Å². The van der Waals surface area contributed by atoms with Gasteiger partial charge in [-0.15, -0.1) is 0 Å². The molecule has 0 aliphatic heterocycles. The van der Waals surface area contributed by atoms with Gasteiger partial charge in [0.25, 0.3) is 0 Å². The number of methoxy groups -OCH3 is 1. The van der Waals surface area contributed by atoms with E-state index < -0.39 is 0 Å². The van der Waals surface area contributed by atoms with Gasteiger partial charge in [-0.05, 0) is 18.1 Å². The normalized spacial score (nSPS) is 10.8. The van der Waals surface area contributed by atoms with Crippen molar-refractivity contribution in [2.24, 2.45) is 0 Å². The molecule has 0 saturated heterocycles. The first kappa shape index (κ1) is 12.8. The highest BCUT2D eigenvalue weighted by Gasteiger charge is 2.00. The fourth-order valence-electron chi connectivity index (χ4n) is 1.83. The van der Waals surface area contributed by atoms with Crippen molar-refractivity contribution in [1.29, 1.82) is 0 Å². The second-order valence-corrected chi connectivity index (χ2v) is 4.29. The molecule has 2 aromatic rings. The van der Waals surface area contributed by atoms with Crippen molar-refractivity contribution in [3.8, 4) is 0 Å². The van der Waals surface area contributed by atoms with Crippen LogP contribution in [-0.2, 0) is 24.4 Å². The van der Waals surface area contributed by atoms with Crippen molar-refractivity contribution in [2.45, 2.75) is 26.6 Å². The van der Waals surface area contributed by atoms with Gasteiger partial charge < -0.3 is 14.6 Å². The molecule has 0 saturated carbocycles. The van der Waals surface area contributed by atoms with Crippen molar-refractivity contribution in [2.75, 3.05) is 7.11 Å². The first-order chi connectivity index (χ1) is 8.78. The number of hydrogen-bond acceptors (Lipinski definition) is 4. The molecule has 0 aliphatic carbocycles. The Kier molecular flexibility index (Phi) is 4.50. The van der Waals surface area contributed by atoms with E-state index in [2.05, 4.69) is 28.7 Å². The number of aryl methyl sites for hydroxylation is 1. The van der Waals surface area contributed by atoms with Gasteiger partial charge in [-0.3, -0.25) is 0 Å². The Balaban J connectivity index is 1.84. The van der Waals surface area contributed by atoms with Crippen LogP contribution in [0.1, 0.15) is 22.6 Å². The van der Waals surface area contributed by atoms with Crippen LogP contribution in [0.15, 0.2) is 34.9 Å². The van der Waals surface area contributed by atoms with Crippen LogP contribution in [-0.4, -0.2) is 12.3 Å². The minimum atomic E-state index is 0.648. The Hall–Kier alpha value is -1.65.